The quantitative estimate of drug-likeness (QED) is 0.517. The zero-order valence-corrected chi connectivity index (χ0v) is 10.8. The Labute approximate surface area is 104 Å². The van der Waals surface area contributed by atoms with Crippen LogP contribution in [0.15, 0.2) is 12.2 Å². The Morgan fingerprint density at radius 2 is 2.18 bits per heavy atom. The van der Waals surface area contributed by atoms with Crippen LogP contribution >= 0.6 is 0 Å². The van der Waals surface area contributed by atoms with Gasteiger partial charge in [0.15, 0.2) is 0 Å². The molecular weight excluding hydrogens is 216 g/mol. The number of amides is 1. The summed E-state index contributed by atoms with van der Waals surface area (Å²) in [5.41, 5.74) is 1.01. The molecule has 1 fully saturated rings. The summed E-state index contributed by atoms with van der Waals surface area (Å²) < 4.78 is 5.31. The first-order valence-corrected chi connectivity index (χ1v) is 6.38. The third-order valence-corrected chi connectivity index (χ3v) is 2.85. The number of hydrogen-bond acceptors (Lipinski definition) is 3. The van der Waals surface area contributed by atoms with Crippen LogP contribution in [-0.2, 0) is 9.53 Å². The van der Waals surface area contributed by atoms with Gasteiger partial charge < -0.3 is 15.4 Å². The molecule has 0 unspecified atom stereocenters. The predicted octanol–water partition coefficient (Wildman–Crippen LogP) is 1.08. The van der Waals surface area contributed by atoms with Crippen molar-refractivity contribution in [1.82, 2.24) is 10.6 Å². The molecule has 0 aromatic heterocycles. The number of hydrogen-bond donors (Lipinski definition) is 2. The van der Waals surface area contributed by atoms with Crippen LogP contribution in [0.1, 0.15) is 26.2 Å². The molecule has 2 N–H and O–H groups in total. The molecule has 17 heavy (non-hydrogen) atoms. The topological polar surface area (TPSA) is 50.4 Å². The monoisotopic (exact) mass is 240 g/mol. The molecule has 1 aliphatic heterocycles. The maximum atomic E-state index is 11.6. The van der Waals surface area contributed by atoms with Crippen molar-refractivity contribution in [3.05, 3.63) is 12.2 Å². The molecule has 1 rings (SSSR count). The maximum absolute atomic E-state index is 11.6. The molecule has 0 spiro atoms. The molecule has 0 saturated carbocycles. The van der Waals surface area contributed by atoms with Gasteiger partial charge in [-0.05, 0) is 38.8 Å². The highest BCUT2D eigenvalue weighted by Gasteiger charge is 2.16. The minimum Gasteiger partial charge on any atom is -0.375 e. The smallest absolute Gasteiger partial charge is 0.220 e. The molecule has 0 aliphatic carbocycles. The molecule has 4 heteroatoms. The van der Waals surface area contributed by atoms with Crippen molar-refractivity contribution in [2.75, 3.05) is 32.8 Å². The summed E-state index contributed by atoms with van der Waals surface area (Å²) in [6.07, 6.45) is 2.88. The van der Waals surface area contributed by atoms with Crippen LogP contribution < -0.4 is 10.6 Å². The van der Waals surface area contributed by atoms with Crippen LogP contribution in [0.4, 0.5) is 0 Å². The van der Waals surface area contributed by atoms with E-state index in [1.807, 2.05) is 6.92 Å². The molecule has 0 aromatic rings. The van der Waals surface area contributed by atoms with E-state index in [9.17, 15) is 4.79 Å². The van der Waals surface area contributed by atoms with Crippen molar-refractivity contribution >= 4 is 5.91 Å². The van der Waals surface area contributed by atoms with Crippen LogP contribution in [0.25, 0.3) is 0 Å². The van der Waals surface area contributed by atoms with Gasteiger partial charge in [-0.15, -0.1) is 0 Å². The molecule has 98 valence electrons. The fourth-order valence-electron chi connectivity index (χ4n) is 1.93. The van der Waals surface area contributed by atoms with E-state index in [-0.39, 0.29) is 5.91 Å². The molecule has 1 aliphatic rings. The molecule has 4 nitrogen and oxygen atoms in total. The van der Waals surface area contributed by atoms with E-state index < -0.39 is 0 Å². The summed E-state index contributed by atoms with van der Waals surface area (Å²) in [4.78, 5) is 11.6. The van der Waals surface area contributed by atoms with E-state index >= 15 is 0 Å². The van der Waals surface area contributed by atoms with Crippen molar-refractivity contribution in [2.24, 2.45) is 5.92 Å². The first kappa shape index (κ1) is 14.2. The number of rotatable bonds is 7. The molecule has 0 aromatic carbocycles. The van der Waals surface area contributed by atoms with Crippen LogP contribution in [0, 0.1) is 5.92 Å². The van der Waals surface area contributed by atoms with Gasteiger partial charge in [0.1, 0.15) is 0 Å². The van der Waals surface area contributed by atoms with E-state index in [1.165, 1.54) is 0 Å². The van der Waals surface area contributed by atoms with E-state index in [1.54, 1.807) is 0 Å². The maximum Gasteiger partial charge on any atom is 0.220 e. The number of ether oxygens (including phenoxy) is 1. The summed E-state index contributed by atoms with van der Waals surface area (Å²) in [5, 5.41) is 6.19. The van der Waals surface area contributed by atoms with Crippen molar-refractivity contribution in [3.8, 4) is 0 Å². The summed E-state index contributed by atoms with van der Waals surface area (Å²) in [6, 6.07) is 0. The lowest BCUT2D eigenvalue weighted by Crippen LogP contribution is -2.33. The van der Waals surface area contributed by atoms with E-state index in [0.29, 0.717) is 32.1 Å². The van der Waals surface area contributed by atoms with Crippen LogP contribution in [0.2, 0.25) is 0 Å². The van der Waals surface area contributed by atoms with Crippen molar-refractivity contribution in [2.45, 2.75) is 26.2 Å². The van der Waals surface area contributed by atoms with Gasteiger partial charge in [-0.2, -0.15) is 0 Å². The van der Waals surface area contributed by atoms with Gasteiger partial charge in [-0.25, -0.2) is 0 Å². The molecule has 0 bridgehead atoms. The minimum atomic E-state index is 0.149. The van der Waals surface area contributed by atoms with Crippen LogP contribution in [-0.4, -0.2) is 38.8 Å². The number of piperidine rings is 1. The fourth-order valence-corrected chi connectivity index (χ4v) is 1.93. The van der Waals surface area contributed by atoms with Gasteiger partial charge >= 0.3 is 0 Å². The summed E-state index contributed by atoms with van der Waals surface area (Å²) in [6.45, 7) is 9.48. The van der Waals surface area contributed by atoms with Gasteiger partial charge in [0, 0.05) is 13.0 Å². The standard InChI is InChI=1S/C13H24N2O2/c1-11(2)10-17-8-7-15-13(16)9-12-3-5-14-6-4-12/h12,14H,1,3-10H2,2H3,(H,15,16). The molecule has 0 atom stereocenters. The molecule has 1 amide bonds. The average Bonchev–Trinajstić information content (AvgIpc) is 2.29. The van der Waals surface area contributed by atoms with E-state index in [4.69, 9.17) is 4.74 Å². The molecule has 1 saturated heterocycles. The van der Waals surface area contributed by atoms with Gasteiger partial charge in [-0.3, -0.25) is 4.79 Å². The third-order valence-electron chi connectivity index (χ3n) is 2.85. The summed E-state index contributed by atoms with van der Waals surface area (Å²) in [7, 11) is 0. The van der Waals surface area contributed by atoms with Crippen LogP contribution in [0.3, 0.4) is 0 Å². The normalized spacial score (nSPS) is 16.8. The second-order valence-electron chi connectivity index (χ2n) is 4.76. The summed E-state index contributed by atoms with van der Waals surface area (Å²) >= 11 is 0. The van der Waals surface area contributed by atoms with E-state index in [2.05, 4.69) is 17.2 Å². The largest absolute Gasteiger partial charge is 0.375 e. The first-order chi connectivity index (χ1) is 8.18. The zero-order valence-electron chi connectivity index (χ0n) is 10.8. The van der Waals surface area contributed by atoms with Crippen molar-refractivity contribution in [3.63, 3.8) is 0 Å². The molecular formula is C13H24N2O2. The van der Waals surface area contributed by atoms with Gasteiger partial charge in [0.25, 0.3) is 0 Å². The highest BCUT2D eigenvalue weighted by molar-refractivity contribution is 5.76. The van der Waals surface area contributed by atoms with Gasteiger partial charge in [-0.1, -0.05) is 12.2 Å². The SMILES string of the molecule is C=C(C)COCCNC(=O)CC1CCNCC1. The second-order valence-corrected chi connectivity index (χ2v) is 4.76. The van der Waals surface area contributed by atoms with E-state index in [0.717, 1.165) is 31.5 Å². The Morgan fingerprint density at radius 1 is 1.47 bits per heavy atom. The highest BCUT2D eigenvalue weighted by Crippen LogP contribution is 2.15. The average molecular weight is 240 g/mol. The fraction of sp³-hybridized carbons (Fsp3) is 0.769. The first-order valence-electron chi connectivity index (χ1n) is 6.38. The lowest BCUT2D eigenvalue weighted by atomic mass is 9.94. The Kier molecular flexibility index (Phi) is 6.89. The minimum absolute atomic E-state index is 0.149. The lowest BCUT2D eigenvalue weighted by Gasteiger charge is -2.21. The summed E-state index contributed by atoms with van der Waals surface area (Å²) in [5.74, 6) is 0.698. The van der Waals surface area contributed by atoms with Crippen molar-refractivity contribution < 1.29 is 9.53 Å². The Hall–Kier alpha value is -0.870. The number of nitrogens with one attached hydrogen (secondary N) is 2. The number of carbonyl (C=O) groups excluding carboxylic acids is 1. The zero-order chi connectivity index (χ0) is 12.5. The Balaban J connectivity index is 1.98. The Bertz CT molecular complexity index is 248. The predicted molar refractivity (Wildman–Crippen MR) is 68.9 cm³/mol. The van der Waals surface area contributed by atoms with Crippen LogP contribution in [0.5, 0.6) is 0 Å². The van der Waals surface area contributed by atoms with Gasteiger partial charge in [0.2, 0.25) is 5.91 Å². The number of carbonyl (C=O) groups is 1. The second kappa shape index (κ2) is 8.25. The van der Waals surface area contributed by atoms with Crippen molar-refractivity contribution in [1.29, 1.82) is 0 Å². The third kappa shape index (κ3) is 7.13. The molecule has 1 heterocycles. The lowest BCUT2D eigenvalue weighted by molar-refractivity contribution is -0.122. The highest BCUT2D eigenvalue weighted by atomic mass is 16.5. The Morgan fingerprint density at radius 3 is 2.82 bits per heavy atom. The molecule has 0 radical (unpaired) electrons. The van der Waals surface area contributed by atoms with Gasteiger partial charge in [0.05, 0.1) is 13.2 Å².